The third-order valence-corrected chi connectivity index (χ3v) is 4.91. The Morgan fingerprint density at radius 3 is 2.70 bits per heavy atom. The molecule has 1 N–H and O–H groups in total. The predicted octanol–water partition coefficient (Wildman–Crippen LogP) is 4.47. The van der Waals surface area contributed by atoms with Gasteiger partial charge in [0.15, 0.2) is 10.3 Å². The first-order valence-electron chi connectivity index (χ1n) is 9.07. The molecule has 0 saturated heterocycles. The van der Waals surface area contributed by atoms with Crippen molar-refractivity contribution in [3.63, 3.8) is 0 Å². The summed E-state index contributed by atoms with van der Waals surface area (Å²) in [5.74, 6) is -0.905. The number of ether oxygens (including phenoxy) is 3. The lowest BCUT2D eigenvalue weighted by Gasteiger charge is -2.21. The van der Waals surface area contributed by atoms with Crippen LogP contribution in [0.3, 0.4) is 0 Å². The van der Waals surface area contributed by atoms with Crippen LogP contribution in [-0.2, 0) is 4.74 Å². The lowest BCUT2D eigenvalue weighted by molar-refractivity contribution is 0.0379. The summed E-state index contributed by atoms with van der Waals surface area (Å²) in [6.07, 6.45) is 1.51. The molecule has 0 bridgehead atoms. The largest absolute Gasteiger partial charge is 0.469 e. The molecule has 12 heteroatoms. The SMILES string of the molecule is CCCOc1ncc(NC(=O)O[C@H](C)[C@H](C)Oc2nc3sc(Cl)nc3cc2F)cn1. The van der Waals surface area contributed by atoms with Gasteiger partial charge in [-0.25, -0.2) is 24.1 Å². The second kappa shape index (κ2) is 9.81. The van der Waals surface area contributed by atoms with E-state index < -0.39 is 24.1 Å². The van der Waals surface area contributed by atoms with Crippen molar-refractivity contribution < 1.29 is 23.4 Å². The van der Waals surface area contributed by atoms with Crippen molar-refractivity contribution in [1.29, 1.82) is 0 Å². The summed E-state index contributed by atoms with van der Waals surface area (Å²) in [5.41, 5.74) is 0.685. The van der Waals surface area contributed by atoms with Gasteiger partial charge in [-0.2, -0.15) is 4.98 Å². The Labute approximate surface area is 180 Å². The number of hydrogen-bond acceptors (Lipinski definition) is 9. The first-order valence-corrected chi connectivity index (χ1v) is 10.3. The lowest BCUT2D eigenvalue weighted by atomic mass is 10.2. The van der Waals surface area contributed by atoms with Crippen LogP contribution < -0.4 is 14.8 Å². The number of aromatic nitrogens is 4. The molecule has 0 aliphatic carbocycles. The molecule has 1 amide bonds. The number of fused-ring (bicyclic) bond motifs is 1. The molecule has 0 aliphatic rings. The molecule has 0 fully saturated rings. The van der Waals surface area contributed by atoms with E-state index in [9.17, 15) is 9.18 Å². The monoisotopic (exact) mass is 455 g/mol. The fraction of sp³-hybridized carbons (Fsp3) is 0.389. The standard InChI is InChI=1S/C18H19ClFN5O4S/c1-4-5-27-17-21-7-11(8-22-17)23-18(26)29-10(3)9(2)28-14-12(20)6-13-15(25-14)30-16(19)24-13/h6-10H,4-5H2,1-3H3,(H,23,26)/t9-,10+/m0/s1. The van der Waals surface area contributed by atoms with Crippen LogP contribution in [0.2, 0.25) is 4.47 Å². The Morgan fingerprint density at radius 2 is 2.00 bits per heavy atom. The third kappa shape index (κ3) is 5.63. The molecule has 0 aliphatic heterocycles. The van der Waals surface area contributed by atoms with Gasteiger partial charge in [0.2, 0.25) is 0 Å². The van der Waals surface area contributed by atoms with Crippen LogP contribution >= 0.6 is 22.9 Å². The number of pyridine rings is 1. The van der Waals surface area contributed by atoms with Crippen LogP contribution in [0, 0.1) is 5.82 Å². The molecule has 0 unspecified atom stereocenters. The van der Waals surface area contributed by atoms with E-state index in [1.807, 2.05) is 6.92 Å². The van der Waals surface area contributed by atoms with Crippen LogP contribution in [0.1, 0.15) is 27.2 Å². The van der Waals surface area contributed by atoms with Crippen molar-refractivity contribution in [2.45, 2.75) is 39.4 Å². The van der Waals surface area contributed by atoms with Gasteiger partial charge < -0.3 is 14.2 Å². The summed E-state index contributed by atoms with van der Waals surface area (Å²) in [5, 5.41) is 2.50. The zero-order valence-electron chi connectivity index (χ0n) is 16.4. The zero-order chi connectivity index (χ0) is 21.7. The molecule has 30 heavy (non-hydrogen) atoms. The van der Waals surface area contributed by atoms with E-state index in [1.165, 1.54) is 18.5 Å². The fourth-order valence-electron chi connectivity index (χ4n) is 2.21. The van der Waals surface area contributed by atoms with Gasteiger partial charge in [-0.15, -0.1) is 0 Å². The highest BCUT2D eigenvalue weighted by Gasteiger charge is 2.22. The van der Waals surface area contributed by atoms with E-state index >= 15 is 0 Å². The number of anilines is 1. The predicted molar refractivity (Wildman–Crippen MR) is 110 cm³/mol. The van der Waals surface area contributed by atoms with Crippen LogP contribution in [0.4, 0.5) is 14.9 Å². The molecular formula is C18H19ClFN5O4S. The summed E-state index contributed by atoms with van der Waals surface area (Å²) >= 11 is 6.93. The van der Waals surface area contributed by atoms with Gasteiger partial charge >= 0.3 is 12.1 Å². The number of carbonyl (C=O) groups excluding carboxylic acids is 1. The molecule has 3 rings (SSSR count). The van der Waals surface area contributed by atoms with Crippen LogP contribution in [0.15, 0.2) is 18.5 Å². The highest BCUT2D eigenvalue weighted by atomic mass is 35.5. The average molecular weight is 456 g/mol. The van der Waals surface area contributed by atoms with Crippen LogP contribution in [-0.4, -0.2) is 44.8 Å². The Balaban J connectivity index is 1.55. The maximum absolute atomic E-state index is 14.2. The van der Waals surface area contributed by atoms with Crippen LogP contribution in [0.25, 0.3) is 10.3 Å². The first kappa shape index (κ1) is 21.9. The van der Waals surface area contributed by atoms with E-state index in [-0.39, 0.29) is 16.4 Å². The van der Waals surface area contributed by atoms with Gasteiger partial charge in [0, 0.05) is 6.07 Å². The maximum atomic E-state index is 14.2. The van der Waals surface area contributed by atoms with Crippen molar-refractivity contribution >= 4 is 45.1 Å². The van der Waals surface area contributed by atoms with Crippen molar-refractivity contribution in [2.75, 3.05) is 11.9 Å². The van der Waals surface area contributed by atoms with Gasteiger partial charge in [0.1, 0.15) is 22.6 Å². The quantitative estimate of drug-likeness (QED) is 0.530. The molecule has 3 aromatic rings. The number of carbonyl (C=O) groups is 1. The van der Waals surface area contributed by atoms with E-state index in [0.29, 0.717) is 22.6 Å². The molecule has 160 valence electrons. The zero-order valence-corrected chi connectivity index (χ0v) is 18.0. The summed E-state index contributed by atoms with van der Waals surface area (Å²) in [6, 6.07) is 1.42. The van der Waals surface area contributed by atoms with Gasteiger partial charge in [0.25, 0.3) is 5.88 Å². The lowest BCUT2D eigenvalue weighted by Crippen LogP contribution is -2.33. The molecule has 0 saturated carbocycles. The van der Waals surface area contributed by atoms with Gasteiger partial charge in [-0.3, -0.25) is 5.32 Å². The van der Waals surface area contributed by atoms with Gasteiger partial charge in [0.05, 0.1) is 24.7 Å². The molecule has 9 nitrogen and oxygen atoms in total. The normalized spacial score (nSPS) is 13.0. The number of halogens is 2. The smallest absolute Gasteiger partial charge is 0.412 e. The summed E-state index contributed by atoms with van der Waals surface area (Å²) in [7, 11) is 0. The van der Waals surface area contributed by atoms with Crippen molar-refractivity contribution in [1.82, 2.24) is 19.9 Å². The summed E-state index contributed by atoms with van der Waals surface area (Å²) < 4.78 is 30.5. The number of nitrogens with one attached hydrogen (secondary N) is 1. The third-order valence-electron chi connectivity index (χ3n) is 3.84. The molecule has 3 aromatic heterocycles. The Bertz CT molecular complexity index is 1020. The Kier molecular flexibility index (Phi) is 7.16. The number of rotatable bonds is 8. The maximum Gasteiger partial charge on any atom is 0.412 e. The van der Waals surface area contributed by atoms with Crippen molar-refractivity contribution in [2.24, 2.45) is 0 Å². The Hall–Kier alpha value is -2.79. The second-order valence-electron chi connectivity index (χ2n) is 6.23. The van der Waals surface area contributed by atoms with Crippen LogP contribution in [0.5, 0.6) is 11.9 Å². The highest BCUT2D eigenvalue weighted by Crippen LogP contribution is 2.28. The first-order chi connectivity index (χ1) is 14.4. The number of hydrogen-bond donors (Lipinski definition) is 1. The number of amides is 1. The van der Waals surface area contributed by atoms with E-state index in [2.05, 4.69) is 25.3 Å². The number of thiazole rings is 1. The topological polar surface area (TPSA) is 108 Å². The minimum atomic E-state index is -0.734. The van der Waals surface area contributed by atoms with E-state index in [0.717, 1.165) is 17.8 Å². The van der Waals surface area contributed by atoms with E-state index in [4.69, 9.17) is 25.8 Å². The Morgan fingerprint density at radius 1 is 1.27 bits per heavy atom. The summed E-state index contributed by atoms with van der Waals surface area (Å²) in [4.78, 5) is 28.6. The molecule has 0 spiro atoms. The second-order valence-corrected chi connectivity index (χ2v) is 7.79. The fourth-order valence-corrected chi connectivity index (χ4v) is 3.17. The van der Waals surface area contributed by atoms with Gasteiger partial charge in [-0.05, 0) is 20.3 Å². The van der Waals surface area contributed by atoms with E-state index in [1.54, 1.807) is 13.8 Å². The molecular weight excluding hydrogens is 437 g/mol. The molecule has 3 heterocycles. The van der Waals surface area contributed by atoms with Gasteiger partial charge in [-0.1, -0.05) is 29.9 Å². The minimum Gasteiger partial charge on any atom is -0.469 e. The average Bonchev–Trinajstić information content (AvgIpc) is 3.06. The summed E-state index contributed by atoms with van der Waals surface area (Å²) in [6.45, 7) is 5.71. The molecule has 2 atom stereocenters. The molecule has 0 aromatic carbocycles. The number of nitrogens with zero attached hydrogens (tertiary/aromatic N) is 4. The highest BCUT2D eigenvalue weighted by molar-refractivity contribution is 7.21. The van der Waals surface area contributed by atoms with Crippen molar-refractivity contribution in [3.8, 4) is 11.9 Å². The minimum absolute atomic E-state index is 0.220. The molecule has 0 radical (unpaired) electrons. The van der Waals surface area contributed by atoms with Crippen molar-refractivity contribution in [3.05, 3.63) is 28.7 Å².